The molecular weight excluding hydrogens is 312 g/mol. The Hall–Kier alpha value is -2.52. The lowest BCUT2D eigenvalue weighted by molar-refractivity contribution is 0.0955. The molecule has 1 aliphatic rings. The van der Waals surface area contributed by atoms with E-state index in [0.29, 0.717) is 36.3 Å². The molecule has 0 bridgehead atoms. The molecule has 3 aromatic heterocycles. The van der Waals surface area contributed by atoms with Crippen molar-refractivity contribution in [1.82, 2.24) is 30.2 Å². The summed E-state index contributed by atoms with van der Waals surface area (Å²) in [5, 5.41) is 20.7. The van der Waals surface area contributed by atoms with Gasteiger partial charge in [0, 0.05) is 6.04 Å². The summed E-state index contributed by atoms with van der Waals surface area (Å²) >= 11 is 0. The summed E-state index contributed by atoms with van der Waals surface area (Å²) in [5.74, 6) is 2.01. The average molecular weight is 330 g/mol. The van der Waals surface area contributed by atoms with Crippen LogP contribution in [0.2, 0.25) is 0 Å². The average Bonchev–Trinajstić information content (AvgIpc) is 3.37. The quantitative estimate of drug-likeness (QED) is 0.699. The van der Waals surface area contributed by atoms with E-state index < -0.39 is 6.10 Å². The van der Waals surface area contributed by atoms with Gasteiger partial charge in [0.15, 0.2) is 5.82 Å². The van der Waals surface area contributed by atoms with Crippen LogP contribution in [0, 0.1) is 0 Å². The third-order valence-corrected chi connectivity index (χ3v) is 4.30. The predicted octanol–water partition coefficient (Wildman–Crippen LogP) is 1.54. The Labute approximate surface area is 137 Å². The number of aromatic nitrogens is 5. The molecule has 0 radical (unpaired) electrons. The summed E-state index contributed by atoms with van der Waals surface area (Å²) in [6.45, 7) is 1.49. The lowest BCUT2D eigenvalue weighted by Gasteiger charge is -2.24. The molecule has 2 N–H and O–H groups in total. The molecule has 1 fully saturated rings. The molecule has 0 amide bonds. The minimum Gasteiger partial charge on any atom is -0.467 e. The van der Waals surface area contributed by atoms with Gasteiger partial charge in [0.25, 0.3) is 0 Å². The summed E-state index contributed by atoms with van der Waals surface area (Å²) in [6, 6.07) is 3.84. The fraction of sp³-hybridized carbons (Fsp3) is 0.467. The number of likely N-dealkylation sites (tertiary alicyclic amines) is 1. The van der Waals surface area contributed by atoms with Gasteiger partial charge in [0.1, 0.15) is 18.2 Å². The van der Waals surface area contributed by atoms with Crippen molar-refractivity contribution < 1.29 is 14.0 Å². The van der Waals surface area contributed by atoms with Crippen molar-refractivity contribution >= 4 is 0 Å². The van der Waals surface area contributed by atoms with Crippen molar-refractivity contribution in [3.63, 3.8) is 0 Å². The van der Waals surface area contributed by atoms with E-state index in [9.17, 15) is 5.11 Å². The maximum atomic E-state index is 10.3. The van der Waals surface area contributed by atoms with E-state index in [-0.39, 0.29) is 6.04 Å². The number of aliphatic hydroxyl groups excluding tert-OH is 1. The summed E-state index contributed by atoms with van der Waals surface area (Å²) in [7, 11) is 0. The van der Waals surface area contributed by atoms with Crippen molar-refractivity contribution in [3.05, 3.63) is 36.4 Å². The van der Waals surface area contributed by atoms with E-state index in [1.165, 1.54) is 6.33 Å². The number of rotatable bonds is 6. The Balaban J connectivity index is 1.40. The highest BCUT2D eigenvalue weighted by molar-refractivity contribution is 5.39. The fourth-order valence-electron chi connectivity index (χ4n) is 3.13. The first-order valence-corrected chi connectivity index (χ1v) is 7.93. The second-order valence-electron chi connectivity index (χ2n) is 5.88. The number of hydrogen-bond donors (Lipinski definition) is 2. The standard InChI is InChI=1S/C15H18N6O3/c22-11(12-4-2-6-23-12)7-10-3-1-5-21(10)8-13-18-15(20-24-13)14-16-9-17-19-14/h2,4,6,9-11,22H,1,3,5,7-8H2,(H,16,17,19). The van der Waals surface area contributed by atoms with Gasteiger partial charge in [-0.05, 0) is 37.9 Å². The molecule has 9 heteroatoms. The van der Waals surface area contributed by atoms with Gasteiger partial charge in [-0.2, -0.15) is 10.1 Å². The maximum absolute atomic E-state index is 10.3. The highest BCUT2D eigenvalue weighted by atomic mass is 16.5. The van der Waals surface area contributed by atoms with Crippen LogP contribution in [0.15, 0.2) is 33.7 Å². The molecule has 4 heterocycles. The highest BCUT2D eigenvalue weighted by Crippen LogP contribution is 2.28. The Morgan fingerprint density at radius 2 is 2.42 bits per heavy atom. The molecule has 4 rings (SSSR count). The largest absolute Gasteiger partial charge is 0.467 e. The Kier molecular flexibility index (Phi) is 4.09. The monoisotopic (exact) mass is 330 g/mol. The number of nitrogens with zero attached hydrogens (tertiary/aromatic N) is 5. The Morgan fingerprint density at radius 1 is 1.46 bits per heavy atom. The first-order chi connectivity index (χ1) is 11.8. The van der Waals surface area contributed by atoms with Crippen LogP contribution in [0.1, 0.15) is 37.0 Å². The third kappa shape index (κ3) is 3.08. The Bertz CT molecular complexity index is 754. The number of H-pyrrole nitrogens is 1. The van der Waals surface area contributed by atoms with Crippen LogP contribution in [0.3, 0.4) is 0 Å². The lowest BCUT2D eigenvalue weighted by Crippen LogP contribution is -2.30. The number of furan rings is 1. The van der Waals surface area contributed by atoms with Crippen molar-refractivity contribution in [2.75, 3.05) is 6.54 Å². The summed E-state index contributed by atoms with van der Waals surface area (Å²) in [6.07, 6.45) is 5.11. The zero-order valence-corrected chi connectivity index (χ0v) is 13.0. The van der Waals surface area contributed by atoms with Crippen LogP contribution in [0.5, 0.6) is 0 Å². The van der Waals surface area contributed by atoms with Crippen LogP contribution in [0.4, 0.5) is 0 Å². The van der Waals surface area contributed by atoms with Gasteiger partial charge in [-0.25, -0.2) is 4.98 Å². The van der Waals surface area contributed by atoms with E-state index in [1.54, 1.807) is 18.4 Å². The van der Waals surface area contributed by atoms with Crippen molar-refractivity contribution in [2.24, 2.45) is 0 Å². The summed E-state index contributed by atoms with van der Waals surface area (Å²) in [4.78, 5) is 10.6. The number of aromatic amines is 1. The van der Waals surface area contributed by atoms with Crippen molar-refractivity contribution in [2.45, 2.75) is 38.0 Å². The first-order valence-electron chi connectivity index (χ1n) is 7.93. The summed E-state index contributed by atoms with van der Waals surface area (Å²) < 4.78 is 10.6. The van der Waals surface area contributed by atoms with Crippen LogP contribution < -0.4 is 0 Å². The minimum absolute atomic E-state index is 0.255. The molecule has 2 unspecified atom stereocenters. The van der Waals surface area contributed by atoms with Gasteiger partial charge < -0.3 is 14.0 Å². The molecular formula is C15H18N6O3. The third-order valence-electron chi connectivity index (χ3n) is 4.30. The summed E-state index contributed by atoms with van der Waals surface area (Å²) in [5.41, 5.74) is 0. The van der Waals surface area contributed by atoms with Crippen molar-refractivity contribution in [3.8, 4) is 11.6 Å². The van der Waals surface area contributed by atoms with Gasteiger partial charge >= 0.3 is 0 Å². The van der Waals surface area contributed by atoms with Gasteiger partial charge in [-0.1, -0.05) is 5.16 Å². The molecule has 1 aliphatic heterocycles. The molecule has 3 aromatic rings. The molecule has 0 aliphatic carbocycles. The van der Waals surface area contributed by atoms with E-state index in [2.05, 4.69) is 30.2 Å². The van der Waals surface area contributed by atoms with Crippen LogP contribution in [-0.4, -0.2) is 47.9 Å². The zero-order valence-electron chi connectivity index (χ0n) is 13.0. The van der Waals surface area contributed by atoms with Crippen LogP contribution >= 0.6 is 0 Å². The zero-order chi connectivity index (χ0) is 16.4. The predicted molar refractivity (Wildman–Crippen MR) is 81.4 cm³/mol. The van der Waals surface area contributed by atoms with Gasteiger partial charge in [0.05, 0.1) is 12.8 Å². The van der Waals surface area contributed by atoms with E-state index >= 15 is 0 Å². The number of hydrogen-bond acceptors (Lipinski definition) is 8. The minimum atomic E-state index is -0.599. The molecule has 126 valence electrons. The smallest absolute Gasteiger partial charge is 0.241 e. The van der Waals surface area contributed by atoms with E-state index in [0.717, 1.165) is 19.4 Å². The lowest BCUT2D eigenvalue weighted by atomic mass is 10.1. The maximum Gasteiger partial charge on any atom is 0.241 e. The topological polar surface area (TPSA) is 117 Å². The van der Waals surface area contributed by atoms with Crippen LogP contribution in [0.25, 0.3) is 11.6 Å². The van der Waals surface area contributed by atoms with Crippen LogP contribution in [-0.2, 0) is 6.54 Å². The fourth-order valence-corrected chi connectivity index (χ4v) is 3.13. The van der Waals surface area contributed by atoms with Gasteiger partial charge in [-0.3, -0.25) is 10.00 Å². The number of aliphatic hydroxyl groups is 1. The first kappa shape index (κ1) is 15.0. The highest BCUT2D eigenvalue weighted by Gasteiger charge is 2.29. The normalized spacial score (nSPS) is 19.8. The SMILES string of the molecule is OC(CC1CCCN1Cc1nc(-c2ncn[nH]2)no1)c1ccco1. The second kappa shape index (κ2) is 6.54. The number of nitrogens with one attached hydrogen (secondary N) is 1. The molecule has 24 heavy (non-hydrogen) atoms. The molecule has 2 atom stereocenters. The Morgan fingerprint density at radius 3 is 3.21 bits per heavy atom. The van der Waals surface area contributed by atoms with Gasteiger partial charge in [0.2, 0.25) is 11.7 Å². The molecule has 9 nitrogen and oxygen atoms in total. The van der Waals surface area contributed by atoms with E-state index in [1.807, 2.05) is 0 Å². The van der Waals surface area contributed by atoms with E-state index in [4.69, 9.17) is 8.94 Å². The molecule has 0 spiro atoms. The molecule has 0 saturated carbocycles. The molecule has 0 aromatic carbocycles. The van der Waals surface area contributed by atoms with Crippen molar-refractivity contribution in [1.29, 1.82) is 0 Å². The molecule has 1 saturated heterocycles. The van der Waals surface area contributed by atoms with Gasteiger partial charge in [-0.15, -0.1) is 0 Å². The second-order valence-corrected chi connectivity index (χ2v) is 5.88.